The summed E-state index contributed by atoms with van der Waals surface area (Å²) < 4.78 is 25.7. The molecule has 0 spiro atoms. The van der Waals surface area contributed by atoms with E-state index >= 15 is 0 Å². The zero-order chi connectivity index (χ0) is 12.4. The summed E-state index contributed by atoms with van der Waals surface area (Å²) in [4.78, 5) is 10.1. The summed E-state index contributed by atoms with van der Waals surface area (Å²) in [5.41, 5.74) is 5.13. The van der Waals surface area contributed by atoms with E-state index in [9.17, 15) is 13.6 Å². The van der Waals surface area contributed by atoms with Gasteiger partial charge in [0.1, 0.15) is 0 Å². The number of aliphatic hydroxyl groups is 2. The maximum Gasteiger partial charge on any atom is 0.396 e. The van der Waals surface area contributed by atoms with Gasteiger partial charge < -0.3 is 21.1 Å². The van der Waals surface area contributed by atoms with Gasteiger partial charge in [-0.2, -0.15) is 8.78 Å². The Kier molecular flexibility index (Phi) is 4.15. The highest BCUT2D eigenvalue weighted by molar-refractivity contribution is 5.76. The third kappa shape index (κ3) is 2.83. The quantitative estimate of drug-likeness (QED) is 0.485. The molecule has 5 nitrogen and oxygen atoms in total. The second kappa shape index (κ2) is 4.38. The van der Waals surface area contributed by atoms with Gasteiger partial charge in [0.15, 0.2) is 0 Å². The lowest BCUT2D eigenvalue weighted by atomic mass is 9.93. The number of rotatable bonds is 5. The number of hydrogen-bond donors (Lipinski definition) is 4. The Balaban J connectivity index is 4.87. The van der Waals surface area contributed by atoms with Crippen LogP contribution in [-0.4, -0.2) is 39.0 Å². The van der Waals surface area contributed by atoms with Gasteiger partial charge in [0.25, 0.3) is 5.79 Å². The largest absolute Gasteiger partial charge is 0.477 e. The zero-order valence-corrected chi connectivity index (χ0v) is 8.44. The second-order valence-electron chi connectivity index (χ2n) is 3.84. The van der Waals surface area contributed by atoms with Crippen molar-refractivity contribution >= 4 is 5.97 Å². The van der Waals surface area contributed by atoms with Crippen LogP contribution in [0.1, 0.15) is 20.3 Å². The molecule has 15 heavy (non-hydrogen) atoms. The lowest BCUT2D eigenvalue weighted by Crippen LogP contribution is -2.63. The second-order valence-corrected chi connectivity index (χ2v) is 3.84. The van der Waals surface area contributed by atoms with Crippen LogP contribution in [0.25, 0.3) is 0 Å². The first kappa shape index (κ1) is 14.2. The molecule has 0 heterocycles. The number of nitrogens with two attached hydrogens (primary N) is 1. The smallest absolute Gasteiger partial charge is 0.396 e. The summed E-state index contributed by atoms with van der Waals surface area (Å²) >= 11 is 0. The summed E-state index contributed by atoms with van der Waals surface area (Å²) in [6, 6.07) is -1.73. The summed E-state index contributed by atoms with van der Waals surface area (Å²) in [7, 11) is 0. The van der Waals surface area contributed by atoms with E-state index in [0.717, 1.165) is 0 Å². The van der Waals surface area contributed by atoms with Crippen molar-refractivity contribution in [3.05, 3.63) is 0 Å². The molecule has 0 rings (SSSR count). The van der Waals surface area contributed by atoms with Crippen LogP contribution in [0.15, 0.2) is 0 Å². The monoisotopic (exact) mass is 227 g/mol. The molecule has 0 unspecified atom stereocenters. The van der Waals surface area contributed by atoms with E-state index < -0.39 is 23.7 Å². The maximum atomic E-state index is 12.8. The Bertz CT molecular complexity index is 243. The highest BCUT2D eigenvalue weighted by atomic mass is 19.3. The molecule has 5 N–H and O–H groups in total. The van der Waals surface area contributed by atoms with Gasteiger partial charge in [-0.3, -0.25) is 0 Å². The van der Waals surface area contributed by atoms with Gasteiger partial charge in [-0.25, -0.2) is 4.79 Å². The van der Waals surface area contributed by atoms with E-state index in [-0.39, 0.29) is 12.3 Å². The number of aliphatic carboxylic acids is 1. The molecule has 7 heteroatoms. The highest BCUT2D eigenvalue weighted by Crippen LogP contribution is 2.31. The van der Waals surface area contributed by atoms with Gasteiger partial charge in [0, 0.05) is 0 Å². The molecule has 90 valence electrons. The molecular formula is C8H15F2NO4. The molecule has 0 saturated carbocycles. The lowest BCUT2D eigenvalue weighted by Gasteiger charge is -2.33. The standard InChI is InChI=1S/C8H15F2NO4/c1-4(2)3-5(11)8(14,15)7(9,10)6(12)13/h4-5,14-15H,3,11H2,1-2H3,(H,12,13)/t5-/m0/s1. The molecule has 0 amide bonds. The number of carboxylic acid groups (broad SMARTS) is 1. The van der Waals surface area contributed by atoms with Crippen LogP contribution in [0.4, 0.5) is 8.78 Å². The number of alkyl halides is 2. The Morgan fingerprint density at radius 2 is 1.80 bits per heavy atom. The topological polar surface area (TPSA) is 104 Å². The number of halogens is 2. The third-order valence-electron chi connectivity index (χ3n) is 1.97. The Labute approximate surface area is 85.5 Å². The van der Waals surface area contributed by atoms with Crippen LogP contribution >= 0.6 is 0 Å². The average Bonchev–Trinajstić information content (AvgIpc) is 2.01. The van der Waals surface area contributed by atoms with Crippen molar-refractivity contribution in [2.75, 3.05) is 0 Å². The van der Waals surface area contributed by atoms with Crippen molar-refractivity contribution in [3.63, 3.8) is 0 Å². The van der Waals surface area contributed by atoms with Crippen molar-refractivity contribution in [2.45, 2.75) is 38.0 Å². The molecule has 0 radical (unpaired) electrons. The summed E-state index contributed by atoms with van der Waals surface area (Å²) in [6.07, 6.45) is -0.129. The van der Waals surface area contributed by atoms with Gasteiger partial charge in [0.2, 0.25) is 0 Å². The Morgan fingerprint density at radius 3 is 2.07 bits per heavy atom. The first-order chi connectivity index (χ1) is 6.53. The third-order valence-corrected chi connectivity index (χ3v) is 1.97. The fourth-order valence-corrected chi connectivity index (χ4v) is 1.06. The fraction of sp³-hybridized carbons (Fsp3) is 0.875. The van der Waals surface area contributed by atoms with Crippen LogP contribution < -0.4 is 5.73 Å². The molecule has 0 bridgehead atoms. The molecule has 0 fully saturated rings. The molecule has 0 aromatic rings. The normalized spacial score (nSPS) is 15.5. The van der Waals surface area contributed by atoms with Gasteiger partial charge in [-0.15, -0.1) is 0 Å². The summed E-state index contributed by atoms with van der Waals surface area (Å²) in [5.74, 6) is -11.2. The number of carboxylic acids is 1. The van der Waals surface area contributed by atoms with E-state index in [1.54, 1.807) is 13.8 Å². The minimum absolute atomic E-state index is 0.129. The Hall–Kier alpha value is -0.790. The molecule has 0 aliphatic heterocycles. The average molecular weight is 227 g/mol. The van der Waals surface area contributed by atoms with Crippen molar-refractivity contribution in [1.82, 2.24) is 0 Å². The summed E-state index contributed by atoms with van der Waals surface area (Å²) in [5, 5.41) is 26.2. The predicted molar refractivity (Wildman–Crippen MR) is 47.2 cm³/mol. The molecule has 0 aromatic carbocycles. The molecule has 0 saturated heterocycles. The van der Waals surface area contributed by atoms with Gasteiger partial charge in [0.05, 0.1) is 6.04 Å². The van der Waals surface area contributed by atoms with E-state index in [2.05, 4.69) is 0 Å². The Morgan fingerprint density at radius 1 is 1.40 bits per heavy atom. The van der Waals surface area contributed by atoms with Crippen LogP contribution in [-0.2, 0) is 4.79 Å². The van der Waals surface area contributed by atoms with Crippen LogP contribution in [0.3, 0.4) is 0 Å². The highest BCUT2D eigenvalue weighted by Gasteiger charge is 2.61. The van der Waals surface area contributed by atoms with Crippen molar-refractivity contribution in [2.24, 2.45) is 11.7 Å². The van der Waals surface area contributed by atoms with Gasteiger partial charge in [-0.05, 0) is 12.3 Å². The van der Waals surface area contributed by atoms with E-state index in [0.29, 0.717) is 0 Å². The van der Waals surface area contributed by atoms with Crippen LogP contribution in [0, 0.1) is 5.92 Å². The summed E-state index contributed by atoms with van der Waals surface area (Å²) in [6.45, 7) is 3.27. The van der Waals surface area contributed by atoms with Crippen molar-refractivity contribution < 1.29 is 28.9 Å². The first-order valence-electron chi connectivity index (χ1n) is 4.35. The van der Waals surface area contributed by atoms with Crippen molar-refractivity contribution in [1.29, 1.82) is 0 Å². The first-order valence-corrected chi connectivity index (χ1v) is 4.35. The molecule has 0 aliphatic rings. The fourth-order valence-electron chi connectivity index (χ4n) is 1.06. The molecule has 1 atom stereocenters. The number of hydrogen-bond acceptors (Lipinski definition) is 4. The predicted octanol–water partition coefficient (Wildman–Crippen LogP) is -0.239. The molecule has 0 aromatic heterocycles. The minimum atomic E-state index is -4.69. The van der Waals surface area contributed by atoms with E-state index in [4.69, 9.17) is 21.1 Å². The van der Waals surface area contributed by atoms with Crippen LogP contribution in [0.2, 0.25) is 0 Å². The van der Waals surface area contributed by atoms with Gasteiger partial charge in [-0.1, -0.05) is 13.8 Å². The minimum Gasteiger partial charge on any atom is -0.477 e. The lowest BCUT2D eigenvalue weighted by molar-refractivity contribution is -0.300. The zero-order valence-electron chi connectivity index (χ0n) is 8.44. The van der Waals surface area contributed by atoms with Gasteiger partial charge >= 0.3 is 11.9 Å². The maximum absolute atomic E-state index is 12.8. The van der Waals surface area contributed by atoms with E-state index in [1.807, 2.05) is 0 Å². The molecule has 0 aliphatic carbocycles. The number of carbonyl (C=O) groups is 1. The van der Waals surface area contributed by atoms with Crippen molar-refractivity contribution in [3.8, 4) is 0 Å². The molecular weight excluding hydrogens is 212 g/mol. The van der Waals surface area contributed by atoms with Crippen LogP contribution in [0.5, 0.6) is 0 Å². The SMILES string of the molecule is CC(C)C[C@H](N)C(O)(O)C(F)(F)C(=O)O. The van der Waals surface area contributed by atoms with E-state index in [1.165, 1.54) is 0 Å².